The van der Waals surface area contributed by atoms with Crippen molar-refractivity contribution in [3.05, 3.63) is 33.8 Å². The fourth-order valence-corrected chi connectivity index (χ4v) is 2.77. The van der Waals surface area contributed by atoms with Crippen molar-refractivity contribution in [3.8, 4) is 0 Å². The SMILES string of the molecule is Cl.O=C(NCCc1ccc(Cl)cc1Cl)C1CCCNC1. The van der Waals surface area contributed by atoms with Gasteiger partial charge in [-0.15, -0.1) is 12.4 Å². The first-order valence-corrected chi connectivity index (χ1v) is 7.35. The summed E-state index contributed by atoms with van der Waals surface area (Å²) in [7, 11) is 0. The summed E-state index contributed by atoms with van der Waals surface area (Å²) in [6.07, 6.45) is 2.77. The second-order valence-electron chi connectivity index (χ2n) is 4.82. The molecule has 0 aliphatic carbocycles. The Morgan fingerprint density at radius 1 is 1.40 bits per heavy atom. The summed E-state index contributed by atoms with van der Waals surface area (Å²) in [5, 5.41) is 7.50. The van der Waals surface area contributed by atoms with Gasteiger partial charge in [0.25, 0.3) is 0 Å². The van der Waals surface area contributed by atoms with Crippen LogP contribution in [0.3, 0.4) is 0 Å². The summed E-state index contributed by atoms with van der Waals surface area (Å²) in [5.41, 5.74) is 1.01. The Morgan fingerprint density at radius 2 is 2.20 bits per heavy atom. The molecule has 3 nitrogen and oxygen atoms in total. The Labute approximate surface area is 135 Å². The van der Waals surface area contributed by atoms with Gasteiger partial charge in [-0.1, -0.05) is 29.3 Å². The molecule has 1 aromatic carbocycles. The predicted molar refractivity (Wildman–Crippen MR) is 86.0 cm³/mol. The standard InChI is InChI=1S/C14H18Cl2N2O.ClH/c15-12-4-3-10(13(16)8-12)5-7-18-14(19)11-2-1-6-17-9-11;/h3-4,8,11,17H,1-2,5-7,9H2,(H,18,19);1H. The first-order chi connectivity index (χ1) is 9.16. The Balaban J connectivity index is 0.00000200. The molecule has 1 unspecified atom stereocenters. The molecule has 0 radical (unpaired) electrons. The monoisotopic (exact) mass is 336 g/mol. The van der Waals surface area contributed by atoms with Gasteiger partial charge in [0.1, 0.15) is 0 Å². The van der Waals surface area contributed by atoms with E-state index in [9.17, 15) is 4.79 Å². The van der Waals surface area contributed by atoms with E-state index in [0.717, 1.165) is 37.9 Å². The Kier molecular flexibility index (Phi) is 7.67. The maximum absolute atomic E-state index is 11.9. The lowest BCUT2D eigenvalue weighted by atomic mass is 9.99. The maximum Gasteiger partial charge on any atom is 0.224 e. The average Bonchev–Trinajstić information content (AvgIpc) is 2.42. The van der Waals surface area contributed by atoms with Gasteiger partial charge in [-0.25, -0.2) is 0 Å². The zero-order chi connectivity index (χ0) is 13.7. The van der Waals surface area contributed by atoms with E-state index in [-0.39, 0.29) is 24.2 Å². The minimum atomic E-state index is 0. The van der Waals surface area contributed by atoms with Gasteiger partial charge in [-0.3, -0.25) is 4.79 Å². The van der Waals surface area contributed by atoms with Crippen LogP contribution in [-0.2, 0) is 11.2 Å². The summed E-state index contributed by atoms with van der Waals surface area (Å²) in [5.74, 6) is 0.242. The molecule has 20 heavy (non-hydrogen) atoms. The average molecular weight is 338 g/mol. The smallest absolute Gasteiger partial charge is 0.224 e. The fourth-order valence-electron chi connectivity index (χ4n) is 2.26. The van der Waals surface area contributed by atoms with E-state index in [4.69, 9.17) is 23.2 Å². The minimum absolute atomic E-state index is 0. The molecule has 2 rings (SSSR count). The molecule has 1 aromatic rings. The molecule has 6 heteroatoms. The van der Waals surface area contributed by atoms with E-state index in [1.807, 2.05) is 12.1 Å². The third-order valence-electron chi connectivity index (χ3n) is 3.38. The highest BCUT2D eigenvalue weighted by molar-refractivity contribution is 6.35. The van der Waals surface area contributed by atoms with Gasteiger partial charge in [0, 0.05) is 23.1 Å². The lowest BCUT2D eigenvalue weighted by molar-refractivity contribution is -0.125. The van der Waals surface area contributed by atoms with Crippen molar-refractivity contribution < 1.29 is 4.79 Å². The van der Waals surface area contributed by atoms with Crippen molar-refractivity contribution in [2.45, 2.75) is 19.3 Å². The molecule has 1 amide bonds. The molecule has 0 spiro atoms. The van der Waals surface area contributed by atoms with Gasteiger partial charge in [0.05, 0.1) is 5.92 Å². The van der Waals surface area contributed by atoms with Crippen molar-refractivity contribution in [1.82, 2.24) is 10.6 Å². The summed E-state index contributed by atoms with van der Waals surface area (Å²) >= 11 is 11.9. The van der Waals surface area contributed by atoms with E-state index < -0.39 is 0 Å². The number of halogens is 3. The van der Waals surface area contributed by atoms with Crippen LogP contribution in [-0.4, -0.2) is 25.5 Å². The fraction of sp³-hybridized carbons (Fsp3) is 0.500. The number of carbonyl (C=O) groups is 1. The zero-order valence-electron chi connectivity index (χ0n) is 11.1. The largest absolute Gasteiger partial charge is 0.355 e. The summed E-state index contributed by atoms with van der Waals surface area (Å²) in [6, 6.07) is 5.44. The molecule has 1 aliphatic rings. The highest BCUT2D eigenvalue weighted by Crippen LogP contribution is 2.21. The molecule has 1 fully saturated rings. The van der Waals surface area contributed by atoms with Crippen LogP contribution >= 0.6 is 35.6 Å². The molecule has 1 aliphatic heterocycles. The van der Waals surface area contributed by atoms with Crippen LogP contribution < -0.4 is 10.6 Å². The van der Waals surface area contributed by atoms with Gasteiger partial charge in [0.15, 0.2) is 0 Å². The Hall–Kier alpha value is -0.480. The lowest BCUT2D eigenvalue weighted by Gasteiger charge is -2.21. The summed E-state index contributed by atoms with van der Waals surface area (Å²) in [4.78, 5) is 11.9. The highest BCUT2D eigenvalue weighted by atomic mass is 35.5. The molecule has 1 heterocycles. The highest BCUT2D eigenvalue weighted by Gasteiger charge is 2.20. The van der Waals surface area contributed by atoms with Crippen molar-refractivity contribution >= 4 is 41.5 Å². The third kappa shape index (κ3) is 5.13. The molecule has 112 valence electrons. The molecular weight excluding hydrogens is 319 g/mol. The van der Waals surface area contributed by atoms with Gasteiger partial charge >= 0.3 is 0 Å². The van der Waals surface area contributed by atoms with Crippen molar-refractivity contribution in [2.24, 2.45) is 5.92 Å². The van der Waals surface area contributed by atoms with Gasteiger partial charge in [-0.2, -0.15) is 0 Å². The van der Waals surface area contributed by atoms with E-state index in [2.05, 4.69) is 10.6 Å². The van der Waals surface area contributed by atoms with Crippen molar-refractivity contribution in [2.75, 3.05) is 19.6 Å². The minimum Gasteiger partial charge on any atom is -0.355 e. The van der Waals surface area contributed by atoms with Crippen LogP contribution in [0.1, 0.15) is 18.4 Å². The van der Waals surface area contributed by atoms with Crippen LogP contribution in [0.4, 0.5) is 0 Å². The van der Waals surface area contributed by atoms with Gasteiger partial charge < -0.3 is 10.6 Å². The van der Waals surface area contributed by atoms with Crippen LogP contribution in [0.2, 0.25) is 10.0 Å². The number of benzene rings is 1. The summed E-state index contributed by atoms with van der Waals surface area (Å²) < 4.78 is 0. The van der Waals surface area contributed by atoms with Crippen LogP contribution in [0.5, 0.6) is 0 Å². The van der Waals surface area contributed by atoms with Crippen LogP contribution in [0.25, 0.3) is 0 Å². The van der Waals surface area contributed by atoms with Crippen LogP contribution in [0, 0.1) is 5.92 Å². The molecule has 0 bridgehead atoms. The van der Waals surface area contributed by atoms with E-state index >= 15 is 0 Å². The molecule has 1 atom stereocenters. The number of hydrogen-bond donors (Lipinski definition) is 2. The zero-order valence-corrected chi connectivity index (χ0v) is 13.5. The number of amides is 1. The Morgan fingerprint density at radius 3 is 2.85 bits per heavy atom. The number of hydrogen-bond acceptors (Lipinski definition) is 2. The second kappa shape index (κ2) is 8.73. The number of nitrogens with one attached hydrogen (secondary N) is 2. The normalized spacial score (nSPS) is 18.2. The molecule has 2 N–H and O–H groups in total. The molecular formula is C14H19Cl3N2O. The quantitative estimate of drug-likeness (QED) is 0.886. The molecule has 0 saturated carbocycles. The molecule has 1 saturated heterocycles. The Bertz CT molecular complexity index is 448. The first-order valence-electron chi connectivity index (χ1n) is 6.59. The first kappa shape index (κ1) is 17.6. The number of rotatable bonds is 4. The maximum atomic E-state index is 11.9. The van der Waals surface area contributed by atoms with Gasteiger partial charge in [0.2, 0.25) is 5.91 Å². The van der Waals surface area contributed by atoms with E-state index in [1.54, 1.807) is 6.07 Å². The van der Waals surface area contributed by atoms with Crippen molar-refractivity contribution in [3.63, 3.8) is 0 Å². The second-order valence-corrected chi connectivity index (χ2v) is 5.66. The lowest BCUT2D eigenvalue weighted by Crippen LogP contribution is -2.41. The van der Waals surface area contributed by atoms with E-state index in [1.165, 1.54) is 0 Å². The van der Waals surface area contributed by atoms with E-state index in [0.29, 0.717) is 16.6 Å². The topological polar surface area (TPSA) is 41.1 Å². The number of piperidine rings is 1. The number of carbonyl (C=O) groups excluding carboxylic acids is 1. The predicted octanol–water partition coefficient (Wildman–Crippen LogP) is 3.07. The third-order valence-corrected chi connectivity index (χ3v) is 3.96. The van der Waals surface area contributed by atoms with Crippen molar-refractivity contribution in [1.29, 1.82) is 0 Å². The van der Waals surface area contributed by atoms with Crippen LogP contribution in [0.15, 0.2) is 18.2 Å². The summed E-state index contributed by atoms with van der Waals surface area (Å²) in [6.45, 7) is 2.41. The molecule has 0 aromatic heterocycles. The van der Waals surface area contributed by atoms with Gasteiger partial charge in [-0.05, 0) is 43.5 Å².